The molecule has 1 spiro atoms. The summed E-state index contributed by atoms with van der Waals surface area (Å²) in [6.45, 7) is 17.1. The van der Waals surface area contributed by atoms with Crippen LogP contribution >= 0.6 is 0 Å². The Balaban J connectivity index is 1.54. The summed E-state index contributed by atoms with van der Waals surface area (Å²) in [5.74, 6) is -10.2. The lowest BCUT2D eigenvalue weighted by atomic mass is 9.41. The molecule has 1 aromatic carbocycles. The third-order valence-corrected chi connectivity index (χ3v) is 14.9. The second-order valence-electron chi connectivity index (χ2n) is 20.4. The van der Waals surface area contributed by atoms with E-state index < -0.39 is 99.5 Å². The van der Waals surface area contributed by atoms with Gasteiger partial charge in [0.2, 0.25) is 5.91 Å². The lowest BCUT2D eigenvalue weighted by molar-refractivity contribution is -0.212. The van der Waals surface area contributed by atoms with Gasteiger partial charge in [0.25, 0.3) is 0 Å². The van der Waals surface area contributed by atoms with Crippen molar-refractivity contribution in [3.8, 4) is 17.2 Å². The Bertz CT molecular complexity index is 2460. The molecule has 3 saturated carbocycles. The number of methoxy groups -OCH3 is 1. The molecule has 8 atom stereocenters. The summed E-state index contributed by atoms with van der Waals surface area (Å²) in [5.41, 5.74) is 9.60. The van der Waals surface area contributed by atoms with Crippen LogP contribution in [0.3, 0.4) is 0 Å². The van der Waals surface area contributed by atoms with Crippen LogP contribution in [0.4, 0.5) is 0 Å². The Hall–Kier alpha value is -6.01. The maximum atomic E-state index is 16.5. The minimum Gasteiger partial charge on any atom is -0.482 e. The smallest absolute Gasteiger partial charge is 0.333 e. The highest BCUT2D eigenvalue weighted by Gasteiger charge is 2.86. The number of hydrogen-bond acceptors (Lipinski definition) is 15. The molecular formula is C50H66N6O12. The Kier molecular flexibility index (Phi) is 13.6. The van der Waals surface area contributed by atoms with E-state index in [-0.39, 0.29) is 53.2 Å². The second-order valence-corrected chi connectivity index (χ2v) is 20.4. The van der Waals surface area contributed by atoms with E-state index in [2.05, 4.69) is 21.3 Å². The van der Waals surface area contributed by atoms with Crippen LogP contribution < -0.4 is 25.7 Å². The van der Waals surface area contributed by atoms with Gasteiger partial charge in [-0.05, 0) is 106 Å². The molecule has 68 heavy (non-hydrogen) atoms. The standard InChI is InChI=1S/C50H66N6O12/c1-26(2)12-11-17-48(8)18-16-30-40(66-48)29(14-13-27(3)4)42-37(41(30)65-34(58)25-33(57)56-22-20-55(9)21-23-56)39(59)38-35(36(44(51)53-62)45(52)54-63)31-24-32-47(6,7)68-49(43(31)60,50(32,38)67-42)19-15-28(5)46(61)64-10/h12-13,15-16,18,31-32,35-36,38,62-63H,11,14,17,19-25H2,1-10H3,(H2,51,53)(H2,52,54)/b28-15-. The number of fused-ring (bicyclic) bond motifs is 2. The Morgan fingerprint density at radius 2 is 1.59 bits per heavy atom. The van der Waals surface area contributed by atoms with Crippen molar-refractivity contribution < 1.29 is 58.1 Å². The molecule has 8 unspecified atom stereocenters. The van der Waals surface area contributed by atoms with Crippen LogP contribution in [0, 0.1) is 29.6 Å². The molecule has 4 bridgehead atoms. The van der Waals surface area contributed by atoms with E-state index in [0.29, 0.717) is 44.6 Å². The molecule has 2 saturated heterocycles. The highest BCUT2D eigenvalue weighted by Crippen LogP contribution is 2.72. The summed E-state index contributed by atoms with van der Waals surface area (Å²) in [6, 6.07) is 0. The first-order chi connectivity index (χ1) is 32.0. The van der Waals surface area contributed by atoms with Crippen molar-refractivity contribution in [2.45, 2.75) is 116 Å². The fraction of sp³-hybridized carbons (Fsp3) is 0.580. The largest absolute Gasteiger partial charge is 0.482 e. The van der Waals surface area contributed by atoms with Gasteiger partial charge in [0.1, 0.15) is 40.8 Å². The number of nitrogens with two attached hydrogens (primary N) is 2. The van der Waals surface area contributed by atoms with Crippen molar-refractivity contribution in [1.82, 2.24) is 9.80 Å². The lowest BCUT2D eigenvalue weighted by Gasteiger charge is -2.64. The molecule has 1 aromatic rings. The summed E-state index contributed by atoms with van der Waals surface area (Å²) >= 11 is 0. The van der Waals surface area contributed by atoms with Crippen LogP contribution in [0.25, 0.3) is 6.08 Å². The van der Waals surface area contributed by atoms with E-state index in [1.807, 2.05) is 67.7 Å². The van der Waals surface area contributed by atoms with Gasteiger partial charge in [-0.3, -0.25) is 19.2 Å². The van der Waals surface area contributed by atoms with Crippen LogP contribution in [-0.4, -0.2) is 124 Å². The van der Waals surface area contributed by atoms with Gasteiger partial charge in [-0.1, -0.05) is 39.7 Å². The number of Topliss-reactive ketones (excluding diaryl/α,β-unsaturated/α-hetero) is 2. The number of ketones is 2. The van der Waals surface area contributed by atoms with Crippen LogP contribution in [0.5, 0.6) is 17.2 Å². The fourth-order valence-corrected chi connectivity index (χ4v) is 11.6. The van der Waals surface area contributed by atoms with Crippen LogP contribution in [-0.2, 0) is 35.1 Å². The normalized spacial score (nSPS) is 29.7. The predicted octanol–water partition coefficient (Wildman–Crippen LogP) is 5.11. The van der Waals surface area contributed by atoms with Crippen molar-refractivity contribution >= 4 is 47.2 Å². The Morgan fingerprint density at radius 1 is 0.941 bits per heavy atom. The van der Waals surface area contributed by atoms with Gasteiger partial charge in [-0.25, -0.2) is 4.79 Å². The first-order valence-electron chi connectivity index (χ1n) is 23.2. The van der Waals surface area contributed by atoms with E-state index in [1.165, 1.54) is 20.1 Å². The van der Waals surface area contributed by atoms with Crippen molar-refractivity contribution in [2.24, 2.45) is 51.4 Å². The van der Waals surface area contributed by atoms with Crippen molar-refractivity contribution in [2.75, 3.05) is 40.3 Å². The van der Waals surface area contributed by atoms with Gasteiger partial charge in [0, 0.05) is 55.6 Å². The first kappa shape index (κ1) is 49.9. The molecule has 3 aliphatic carbocycles. The van der Waals surface area contributed by atoms with E-state index in [0.717, 1.165) is 11.1 Å². The number of benzene rings is 1. The summed E-state index contributed by atoms with van der Waals surface area (Å²) < 4.78 is 33.0. The molecule has 0 aromatic heterocycles. The number of oxime groups is 2. The molecule has 4 aliphatic heterocycles. The van der Waals surface area contributed by atoms with E-state index in [9.17, 15) is 24.8 Å². The zero-order valence-electron chi connectivity index (χ0n) is 40.8. The van der Waals surface area contributed by atoms with Crippen LogP contribution in [0.2, 0.25) is 0 Å². The SMILES string of the molecule is COC(=O)/C(C)=C\CC12OC(C)(C)C3CC(C1=O)C(C(/C(N)=N/O)/C(N)=N\O)C1C(=O)c4c(OC(=O)CC(=O)N5CCN(C)CC5)c5c(c(CC=C(C)C)c4OC132)OC(C)(CCC=C(C)C)C=C5. The predicted molar refractivity (Wildman–Crippen MR) is 251 cm³/mol. The zero-order valence-corrected chi connectivity index (χ0v) is 40.8. The van der Waals surface area contributed by atoms with Crippen molar-refractivity contribution in [1.29, 1.82) is 0 Å². The highest BCUT2D eigenvalue weighted by molar-refractivity contribution is 6.13. The Morgan fingerprint density at radius 3 is 2.19 bits per heavy atom. The lowest BCUT2D eigenvalue weighted by Crippen LogP contribution is -2.80. The maximum absolute atomic E-state index is 16.5. The number of ether oxygens (including phenoxy) is 5. The zero-order chi connectivity index (χ0) is 49.8. The molecule has 7 aliphatic rings. The van der Waals surface area contributed by atoms with E-state index >= 15 is 9.59 Å². The maximum Gasteiger partial charge on any atom is 0.333 e. The highest BCUT2D eigenvalue weighted by atomic mass is 16.6. The van der Waals surface area contributed by atoms with Gasteiger partial charge in [0.15, 0.2) is 28.5 Å². The average Bonchev–Trinajstić information content (AvgIpc) is 3.42. The Labute approximate surface area is 397 Å². The van der Waals surface area contributed by atoms with Crippen molar-refractivity contribution in [3.05, 3.63) is 57.7 Å². The van der Waals surface area contributed by atoms with Crippen LogP contribution in [0.15, 0.2) is 51.3 Å². The van der Waals surface area contributed by atoms with Crippen LogP contribution in [0.1, 0.15) is 109 Å². The number of nitrogens with zero attached hydrogens (tertiary/aromatic N) is 4. The molecular weight excluding hydrogens is 877 g/mol. The average molecular weight is 943 g/mol. The number of likely N-dealkylation sites (N-methyl/N-ethyl adjacent to an activating group) is 1. The van der Waals surface area contributed by atoms with E-state index in [4.69, 9.17) is 35.2 Å². The molecule has 18 heteroatoms. The van der Waals surface area contributed by atoms with Gasteiger partial charge in [-0.15, -0.1) is 0 Å². The fourth-order valence-electron chi connectivity index (χ4n) is 11.6. The monoisotopic (exact) mass is 942 g/mol. The van der Waals surface area contributed by atoms with Crippen molar-refractivity contribution in [3.63, 3.8) is 0 Å². The topological polar surface area (TPSA) is 255 Å². The number of rotatable bonds is 14. The number of amidine groups is 2. The van der Waals surface area contributed by atoms with E-state index in [1.54, 1.807) is 11.0 Å². The third-order valence-electron chi connectivity index (χ3n) is 14.9. The molecule has 18 nitrogen and oxygen atoms in total. The van der Waals surface area contributed by atoms with Gasteiger partial charge < -0.3 is 55.4 Å². The summed E-state index contributed by atoms with van der Waals surface area (Å²) in [7, 11) is 3.19. The molecule has 4 heterocycles. The number of piperazine rings is 1. The number of amides is 1. The summed E-state index contributed by atoms with van der Waals surface area (Å²) in [4.78, 5) is 76.6. The summed E-state index contributed by atoms with van der Waals surface area (Å²) in [6.07, 6.45) is 9.80. The quantitative estimate of drug-likeness (QED) is 0.0218. The number of allylic oxidation sites excluding steroid dienone is 4. The minimum atomic E-state index is -1.95. The minimum absolute atomic E-state index is 0.0157. The summed E-state index contributed by atoms with van der Waals surface area (Å²) in [5, 5.41) is 26.9. The third kappa shape index (κ3) is 8.26. The number of hydrogen-bond donors (Lipinski definition) is 4. The molecule has 6 N–H and O–H groups in total. The number of esters is 2. The molecule has 5 fully saturated rings. The number of carbonyl (C=O) groups excluding carboxylic acids is 5. The molecule has 368 valence electrons. The van der Waals surface area contributed by atoms with Gasteiger partial charge in [0.05, 0.1) is 30.1 Å². The second kappa shape index (κ2) is 18.5. The van der Waals surface area contributed by atoms with Gasteiger partial charge in [-0.2, -0.15) is 0 Å². The number of carbonyl (C=O) groups is 5. The molecule has 0 radical (unpaired) electrons. The molecule has 1 amide bonds. The first-order valence-corrected chi connectivity index (χ1v) is 23.2. The molecule has 8 rings (SSSR count). The van der Waals surface area contributed by atoms with Gasteiger partial charge >= 0.3 is 11.9 Å².